The molecule has 0 heterocycles. The lowest BCUT2D eigenvalue weighted by molar-refractivity contribution is 0.660. The molecule has 0 radical (unpaired) electrons. The minimum atomic E-state index is -0.0931. The first-order valence-corrected chi connectivity index (χ1v) is 21.4. The van der Waals surface area contributed by atoms with Gasteiger partial charge in [-0.2, -0.15) is 10.5 Å². The van der Waals surface area contributed by atoms with Crippen molar-refractivity contribution in [2.24, 2.45) is 0 Å². The number of rotatable bonds is 3. The lowest BCUT2D eigenvalue weighted by Gasteiger charge is -2.22. The van der Waals surface area contributed by atoms with E-state index in [4.69, 9.17) is 6.57 Å². The molecule has 0 aliphatic heterocycles. The summed E-state index contributed by atoms with van der Waals surface area (Å²) in [5, 5.41) is 28.6. The van der Waals surface area contributed by atoms with Gasteiger partial charge in [0.2, 0.25) is 0 Å². The van der Waals surface area contributed by atoms with Crippen LogP contribution in [0.25, 0.3) is 115 Å². The number of hydrogen-bond donors (Lipinski definition) is 0. The number of hydrogen-bond acceptors (Lipinski definition) is 2. The quantitative estimate of drug-likeness (QED) is 0.132. The van der Waals surface area contributed by atoms with E-state index in [1.165, 1.54) is 66.4 Å². The van der Waals surface area contributed by atoms with Gasteiger partial charge in [-0.15, -0.1) is 0 Å². The number of nitriles is 2. The van der Waals surface area contributed by atoms with Crippen LogP contribution in [0.5, 0.6) is 0 Å². The van der Waals surface area contributed by atoms with Gasteiger partial charge in [-0.1, -0.05) is 105 Å². The number of benzene rings is 10. The van der Waals surface area contributed by atoms with Crippen LogP contribution in [0.15, 0.2) is 152 Å². The summed E-state index contributed by atoms with van der Waals surface area (Å²) in [6, 6.07) is 59.2. The summed E-state index contributed by atoms with van der Waals surface area (Å²) >= 11 is 0. The summed E-state index contributed by atoms with van der Waals surface area (Å²) < 4.78 is 0. The molecule has 0 spiro atoms. The summed E-state index contributed by atoms with van der Waals surface area (Å²) in [6.45, 7) is 16.8. The fourth-order valence-electron chi connectivity index (χ4n) is 11.1. The normalized spacial score (nSPS) is 12.8. The minimum absolute atomic E-state index is 0.0931. The van der Waals surface area contributed by atoms with Crippen molar-refractivity contribution < 1.29 is 0 Å². The molecule has 2 aliphatic rings. The van der Waals surface area contributed by atoms with Crippen molar-refractivity contribution in [3.05, 3.63) is 196 Å². The summed E-state index contributed by atoms with van der Waals surface area (Å²) in [6.07, 6.45) is 0. The van der Waals surface area contributed by atoms with Crippen LogP contribution in [0, 0.1) is 43.1 Å². The van der Waals surface area contributed by atoms with Crippen LogP contribution >= 0.6 is 0 Å². The van der Waals surface area contributed by atoms with Crippen LogP contribution in [-0.4, -0.2) is 0 Å². The third-order valence-electron chi connectivity index (χ3n) is 14.1. The number of nitrogens with zero attached hydrogens (tertiary/aromatic N) is 3. The molecule has 0 saturated heterocycles. The molecule has 3 nitrogen and oxygen atoms in total. The van der Waals surface area contributed by atoms with Crippen molar-refractivity contribution in [3.8, 4) is 78.9 Å². The van der Waals surface area contributed by atoms with E-state index in [9.17, 15) is 10.5 Å². The molecule has 0 unspecified atom stereocenters. The molecule has 10 aromatic carbocycles. The first kappa shape index (κ1) is 36.6. The van der Waals surface area contributed by atoms with Gasteiger partial charge in [0.05, 0.1) is 29.8 Å². The highest BCUT2D eigenvalue weighted by molar-refractivity contribution is 6.28. The average Bonchev–Trinajstić information content (AvgIpc) is 3.75. The first-order valence-electron chi connectivity index (χ1n) is 21.4. The lowest BCUT2D eigenvalue weighted by Crippen LogP contribution is -2.14. The Hall–Kier alpha value is -8.29. The molecule has 12 rings (SSSR count). The molecule has 2 aliphatic carbocycles. The molecule has 0 amide bonds. The van der Waals surface area contributed by atoms with Gasteiger partial charge in [-0.25, -0.2) is 4.85 Å². The van der Waals surface area contributed by atoms with Crippen molar-refractivity contribution in [2.75, 3.05) is 0 Å². The molecular weight excluding hydrogens is 763 g/mol. The Morgan fingerprint density at radius 1 is 0.413 bits per heavy atom. The number of aryl methyl sites for hydroxylation is 2. The Bertz CT molecular complexity index is 3880. The topological polar surface area (TPSA) is 51.9 Å². The highest BCUT2D eigenvalue weighted by Crippen LogP contribution is 2.54. The first-order chi connectivity index (χ1) is 30.7. The molecule has 0 aromatic heterocycles. The molecule has 0 atom stereocenters. The zero-order chi connectivity index (χ0) is 42.9. The molecule has 0 N–H and O–H groups in total. The van der Waals surface area contributed by atoms with Gasteiger partial charge in [0.15, 0.2) is 5.69 Å². The predicted octanol–water partition coefficient (Wildman–Crippen LogP) is 16.2. The van der Waals surface area contributed by atoms with Gasteiger partial charge < -0.3 is 0 Å². The third kappa shape index (κ3) is 5.11. The number of fused-ring (bicyclic) bond motifs is 11. The standard InChI is InChI=1S/C60H37N3/c1-33-23-35(31-61)13-17-39(33)49-28-55-51(42-20-16-38(63-5)26-48(42)49)27-50(40-18-14-36(32-62)24-34(40)2)54-29-52-46-11-8-10-45-41(21-22-47(59(45)46)53(52)30-56(54)55)37-15-19-44-43-9-6-7-12-57(43)60(3,4)58(44)25-37/h6-30H,1-4H3. The van der Waals surface area contributed by atoms with E-state index in [2.05, 4.69) is 154 Å². The highest BCUT2D eigenvalue weighted by Gasteiger charge is 2.35. The Labute approximate surface area is 366 Å². The van der Waals surface area contributed by atoms with Crippen molar-refractivity contribution in [3.63, 3.8) is 0 Å². The maximum absolute atomic E-state index is 9.84. The molecule has 10 aromatic rings. The molecule has 292 valence electrons. The molecule has 0 fully saturated rings. The zero-order valence-electron chi connectivity index (χ0n) is 35.3. The Balaban J connectivity index is 1.14. The van der Waals surface area contributed by atoms with E-state index in [1.807, 2.05) is 42.5 Å². The van der Waals surface area contributed by atoms with E-state index >= 15 is 0 Å². The van der Waals surface area contributed by atoms with Crippen molar-refractivity contribution in [2.45, 2.75) is 33.1 Å². The van der Waals surface area contributed by atoms with Gasteiger partial charge in [-0.3, -0.25) is 0 Å². The van der Waals surface area contributed by atoms with Crippen molar-refractivity contribution in [1.82, 2.24) is 0 Å². The second-order valence-electron chi connectivity index (χ2n) is 17.8. The van der Waals surface area contributed by atoms with Crippen LogP contribution in [0.2, 0.25) is 0 Å². The van der Waals surface area contributed by atoms with E-state index in [1.54, 1.807) is 0 Å². The fourth-order valence-corrected chi connectivity index (χ4v) is 11.1. The monoisotopic (exact) mass is 799 g/mol. The maximum atomic E-state index is 9.84. The van der Waals surface area contributed by atoms with Crippen molar-refractivity contribution in [1.29, 1.82) is 10.5 Å². The van der Waals surface area contributed by atoms with E-state index in [0.29, 0.717) is 16.8 Å². The van der Waals surface area contributed by atoms with Gasteiger partial charge in [0.25, 0.3) is 0 Å². The third-order valence-corrected chi connectivity index (χ3v) is 14.1. The van der Waals surface area contributed by atoms with E-state index in [0.717, 1.165) is 65.7 Å². The summed E-state index contributed by atoms with van der Waals surface area (Å²) in [5.41, 5.74) is 20.8. The molecule has 0 bridgehead atoms. The Morgan fingerprint density at radius 3 is 1.63 bits per heavy atom. The van der Waals surface area contributed by atoms with E-state index in [-0.39, 0.29) is 5.41 Å². The second kappa shape index (κ2) is 13.1. The fraction of sp³-hybridized carbons (Fsp3) is 0.0833. The van der Waals surface area contributed by atoms with Crippen LogP contribution in [0.1, 0.15) is 47.2 Å². The minimum Gasteiger partial charge on any atom is -0.238 e. The smallest absolute Gasteiger partial charge is 0.187 e. The summed E-state index contributed by atoms with van der Waals surface area (Å²) in [5.74, 6) is 0. The van der Waals surface area contributed by atoms with Crippen LogP contribution < -0.4 is 0 Å². The van der Waals surface area contributed by atoms with Crippen LogP contribution in [-0.2, 0) is 5.41 Å². The summed E-state index contributed by atoms with van der Waals surface area (Å²) in [7, 11) is 0. The second-order valence-corrected chi connectivity index (χ2v) is 17.8. The SMILES string of the molecule is [C-]#[N+]c1ccc2c(c1)c(-c1ccc(C#N)cc1C)cc1c3cc4c(cc3c(-c3ccc(C#N)cc3C)cc21)-c1cccc2c(-c3ccc5c(c3)C(C)(C)c3ccccc3-5)ccc-4c12. The molecule has 3 heteroatoms. The average molecular weight is 800 g/mol. The van der Waals surface area contributed by atoms with Crippen molar-refractivity contribution >= 4 is 48.8 Å². The largest absolute Gasteiger partial charge is 0.238 e. The maximum Gasteiger partial charge on any atom is 0.187 e. The van der Waals surface area contributed by atoms with Gasteiger partial charge in [-0.05, 0) is 207 Å². The Kier molecular flexibility index (Phi) is 7.60. The van der Waals surface area contributed by atoms with Gasteiger partial charge in [0, 0.05) is 5.41 Å². The highest BCUT2D eigenvalue weighted by atomic mass is 14.6. The summed E-state index contributed by atoms with van der Waals surface area (Å²) in [4.78, 5) is 3.84. The molecule has 0 saturated carbocycles. The molecule has 63 heavy (non-hydrogen) atoms. The van der Waals surface area contributed by atoms with Gasteiger partial charge >= 0.3 is 0 Å². The van der Waals surface area contributed by atoms with E-state index < -0.39 is 0 Å². The lowest BCUT2D eigenvalue weighted by atomic mass is 9.81. The molecular formula is C60H37N3. The van der Waals surface area contributed by atoms with Gasteiger partial charge in [0.1, 0.15) is 0 Å². The Morgan fingerprint density at radius 2 is 0.952 bits per heavy atom. The zero-order valence-corrected chi connectivity index (χ0v) is 35.3. The predicted molar refractivity (Wildman–Crippen MR) is 260 cm³/mol. The van der Waals surface area contributed by atoms with Crippen LogP contribution in [0.4, 0.5) is 5.69 Å². The van der Waals surface area contributed by atoms with Crippen LogP contribution in [0.3, 0.4) is 0 Å².